The number of halogens is 2. The summed E-state index contributed by atoms with van der Waals surface area (Å²) in [5.74, 6) is -0.360. The van der Waals surface area contributed by atoms with Gasteiger partial charge in [-0.2, -0.15) is 0 Å². The van der Waals surface area contributed by atoms with Gasteiger partial charge in [-0.05, 0) is 12.5 Å². The Hall–Kier alpha value is -0.960. The third-order valence-corrected chi connectivity index (χ3v) is 2.73. The Kier molecular flexibility index (Phi) is 2.50. The molecule has 0 atom stereocenters. The molecule has 1 aliphatic rings. The second-order valence-corrected chi connectivity index (χ2v) is 3.89. The third-order valence-electron chi connectivity index (χ3n) is 2.44. The second kappa shape index (κ2) is 3.65. The standard InChI is InChI=1S/C10H12ClFN2/c1-14-4-2-3-13-9-5-7(11)8(12)6-10(9)14/h5-6,13H,2-4H2,1H3. The summed E-state index contributed by atoms with van der Waals surface area (Å²) < 4.78 is 13.2. The Morgan fingerprint density at radius 1 is 1.50 bits per heavy atom. The number of hydrogen-bond donors (Lipinski definition) is 1. The molecule has 0 unspecified atom stereocenters. The van der Waals surface area contributed by atoms with Crippen LogP contribution in [-0.2, 0) is 0 Å². The number of anilines is 2. The van der Waals surface area contributed by atoms with E-state index in [0.717, 1.165) is 30.9 Å². The molecule has 2 rings (SSSR count). The van der Waals surface area contributed by atoms with Gasteiger partial charge in [0.25, 0.3) is 0 Å². The highest BCUT2D eigenvalue weighted by Crippen LogP contribution is 2.32. The van der Waals surface area contributed by atoms with E-state index in [1.807, 2.05) is 11.9 Å². The molecule has 1 aromatic carbocycles. The van der Waals surface area contributed by atoms with Gasteiger partial charge in [0.15, 0.2) is 0 Å². The lowest BCUT2D eigenvalue weighted by Gasteiger charge is -2.18. The molecule has 4 heteroatoms. The van der Waals surface area contributed by atoms with E-state index in [9.17, 15) is 4.39 Å². The van der Waals surface area contributed by atoms with Crippen LogP contribution in [0, 0.1) is 5.82 Å². The van der Waals surface area contributed by atoms with Crippen molar-refractivity contribution in [2.45, 2.75) is 6.42 Å². The van der Waals surface area contributed by atoms with Crippen LogP contribution in [0.1, 0.15) is 6.42 Å². The van der Waals surface area contributed by atoms with E-state index in [2.05, 4.69) is 5.32 Å². The Balaban J connectivity index is 2.49. The van der Waals surface area contributed by atoms with Crippen molar-refractivity contribution in [3.63, 3.8) is 0 Å². The van der Waals surface area contributed by atoms with Crippen LogP contribution in [0.15, 0.2) is 12.1 Å². The Bertz CT molecular complexity index is 354. The number of hydrogen-bond acceptors (Lipinski definition) is 2. The zero-order valence-corrected chi connectivity index (χ0v) is 8.74. The van der Waals surface area contributed by atoms with Gasteiger partial charge >= 0.3 is 0 Å². The molecule has 0 radical (unpaired) electrons. The van der Waals surface area contributed by atoms with Gasteiger partial charge < -0.3 is 10.2 Å². The summed E-state index contributed by atoms with van der Waals surface area (Å²) >= 11 is 5.71. The highest BCUT2D eigenvalue weighted by molar-refractivity contribution is 6.31. The number of nitrogens with zero attached hydrogens (tertiary/aromatic N) is 1. The Morgan fingerprint density at radius 3 is 3.07 bits per heavy atom. The molecule has 1 aliphatic heterocycles. The number of fused-ring (bicyclic) bond motifs is 1. The largest absolute Gasteiger partial charge is 0.383 e. The van der Waals surface area contributed by atoms with Crippen LogP contribution in [-0.4, -0.2) is 20.1 Å². The predicted octanol–water partition coefficient (Wildman–Crippen LogP) is 2.73. The van der Waals surface area contributed by atoms with Crippen LogP contribution < -0.4 is 10.2 Å². The average Bonchev–Trinajstić information content (AvgIpc) is 2.31. The average molecular weight is 215 g/mol. The Labute approximate surface area is 87.7 Å². The summed E-state index contributed by atoms with van der Waals surface area (Å²) in [6, 6.07) is 3.13. The maximum Gasteiger partial charge on any atom is 0.144 e. The monoisotopic (exact) mass is 214 g/mol. The molecule has 2 nitrogen and oxygen atoms in total. The van der Waals surface area contributed by atoms with E-state index in [4.69, 9.17) is 11.6 Å². The zero-order valence-electron chi connectivity index (χ0n) is 7.98. The molecule has 0 fully saturated rings. The van der Waals surface area contributed by atoms with Gasteiger partial charge in [0.1, 0.15) is 5.82 Å². The molecule has 76 valence electrons. The highest BCUT2D eigenvalue weighted by atomic mass is 35.5. The minimum atomic E-state index is -0.360. The van der Waals surface area contributed by atoms with Gasteiger partial charge in [0.2, 0.25) is 0 Å². The van der Waals surface area contributed by atoms with E-state index < -0.39 is 0 Å². The van der Waals surface area contributed by atoms with Crippen molar-refractivity contribution in [2.24, 2.45) is 0 Å². The Morgan fingerprint density at radius 2 is 2.29 bits per heavy atom. The lowest BCUT2D eigenvalue weighted by Crippen LogP contribution is -2.17. The fraction of sp³-hybridized carbons (Fsp3) is 0.400. The summed E-state index contributed by atoms with van der Waals surface area (Å²) in [5.41, 5.74) is 1.79. The normalized spacial score (nSPS) is 15.8. The van der Waals surface area contributed by atoms with Crippen molar-refractivity contribution >= 4 is 23.0 Å². The molecule has 1 aromatic rings. The van der Waals surface area contributed by atoms with Gasteiger partial charge in [0, 0.05) is 26.2 Å². The first kappa shape index (κ1) is 9.59. The van der Waals surface area contributed by atoms with E-state index in [-0.39, 0.29) is 10.8 Å². The first-order valence-electron chi connectivity index (χ1n) is 4.62. The van der Waals surface area contributed by atoms with Gasteiger partial charge in [-0.3, -0.25) is 0 Å². The molecule has 0 saturated carbocycles. The van der Waals surface area contributed by atoms with Gasteiger partial charge in [-0.1, -0.05) is 11.6 Å². The molecule has 1 N–H and O–H groups in total. The molecule has 0 aliphatic carbocycles. The fourth-order valence-electron chi connectivity index (χ4n) is 1.65. The summed E-state index contributed by atoms with van der Waals surface area (Å²) in [6.45, 7) is 1.83. The minimum absolute atomic E-state index is 0.173. The first-order valence-corrected chi connectivity index (χ1v) is 5.00. The predicted molar refractivity (Wildman–Crippen MR) is 57.8 cm³/mol. The minimum Gasteiger partial charge on any atom is -0.383 e. The topological polar surface area (TPSA) is 15.3 Å². The number of rotatable bonds is 0. The summed E-state index contributed by atoms with van der Waals surface area (Å²) in [7, 11) is 1.96. The van der Waals surface area contributed by atoms with Crippen molar-refractivity contribution in [3.05, 3.63) is 23.0 Å². The van der Waals surface area contributed by atoms with Gasteiger partial charge in [-0.15, -0.1) is 0 Å². The maximum absolute atomic E-state index is 13.2. The molecule has 1 heterocycles. The van der Waals surface area contributed by atoms with Crippen LogP contribution in [0.5, 0.6) is 0 Å². The van der Waals surface area contributed by atoms with Crippen molar-refractivity contribution in [2.75, 3.05) is 30.4 Å². The number of nitrogens with one attached hydrogen (secondary N) is 1. The highest BCUT2D eigenvalue weighted by Gasteiger charge is 2.14. The lowest BCUT2D eigenvalue weighted by molar-refractivity contribution is 0.628. The van der Waals surface area contributed by atoms with E-state index in [1.165, 1.54) is 6.07 Å². The van der Waals surface area contributed by atoms with Gasteiger partial charge in [0.05, 0.1) is 16.4 Å². The van der Waals surface area contributed by atoms with Crippen LogP contribution in [0.2, 0.25) is 5.02 Å². The van der Waals surface area contributed by atoms with Crippen LogP contribution in [0.3, 0.4) is 0 Å². The van der Waals surface area contributed by atoms with E-state index in [1.54, 1.807) is 6.07 Å². The van der Waals surface area contributed by atoms with Crippen LogP contribution in [0.25, 0.3) is 0 Å². The van der Waals surface area contributed by atoms with Crippen LogP contribution >= 0.6 is 11.6 Å². The smallest absolute Gasteiger partial charge is 0.144 e. The fourth-order valence-corrected chi connectivity index (χ4v) is 1.82. The molecular weight excluding hydrogens is 203 g/mol. The molecule has 0 saturated heterocycles. The quantitative estimate of drug-likeness (QED) is 0.715. The van der Waals surface area contributed by atoms with Gasteiger partial charge in [-0.25, -0.2) is 4.39 Å². The summed E-state index contributed by atoms with van der Waals surface area (Å²) in [6.07, 6.45) is 1.05. The van der Waals surface area contributed by atoms with E-state index >= 15 is 0 Å². The maximum atomic E-state index is 13.2. The molecular formula is C10H12ClFN2. The van der Waals surface area contributed by atoms with E-state index in [0.29, 0.717) is 0 Å². The molecule has 14 heavy (non-hydrogen) atoms. The summed E-state index contributed by atoms with van der Waals surface area (Å²) in [5, 5.41) is 3.40. The zero-order chi connectivity index (χ0) is 10.1. The molecule has 0 amide bonds. The first-order chi connectivity index (χ1) is 6.68. The van der Waals surface area contributed by atoms with Crippen molar-refractivity contribution in [1.29, 1.82) is 0 Å². The SMILES string of the molecule is CN1CCCNc2cc(Cl)c(F)cc21. The van der Waals surface area contributed by atoms with Crippen molar-refractivity contribution in [3.8, 4) is 0 Å². The summed E-state index contributed by atoms with van der Waals surface area (Å²) in [4.78, 5) is 2.04. The molecule has 0 aromatic heterocycles. The van der Waals surface area contributed by atoms with Crippen molar-refractivity contribution < 1.29 is 4.39 Å². The van der Waals surface area contributed by atoms with Crippen molar-refractivity contribution in [1.82, 2.24) is 0 Å². The number of benzene rings is 1. The molecule has 0 spiro atoms. The molecule has 0 bridgehead atoms. The lowest BCUT2D eigenvalue weighted by atomic mass is 10.2. The second-order valence-electron chi connectivity index (χ2n) is 3.49. The third kappa shape index (κ3) is 1.64. The van der Waals surface area contributed by atoms with Crippen LogP contribution in [0.4, 0.5) is 15.8 Å².